The second-order valence-corrected chi connectivity index (χ2v) is 8.19. The van der Waals surface area contributed by atoms with Crippen LogP contribution in [0.4, 0.5) is 0 Å². The third-order valence-electron chi connectivity index (χ3n) is 5.16. The van der Waals surface area contributed by atoms with E-state index < -0.39 is 0 Å². The first-order chi connectivity index (χ1) is 17.1. The summed E-state index contributed by atoms with van der Waals surface area (Å²) in [4.78, 5) is 15.0. The molecule has 1 N–H and O–H groups in total. The van der Waals surface area contributed by atoms with Crippen molar-refractivity contribution < 1.29 is 4.79 Å². The molecule has 10 nitrogen and oxygen atoms in total. The van der Waals surface area contributed by atoms with E-state index in [1.807, 2.05) is 66.7 Å². The zero-order valence-electron chi connectivity index (χ0n) is 18.5. The van der Waals surface area contributed by atoms with Crippen molar-refractivity contribution in [1.29, 1.82) is 0 Å². The van der Waals surface area contributed by atoms with Crippen LogP contribution in [0.3, 0.4) is 0 Å². The summed E-state index contributed by atoms with van der Waals surface area (Å²) < 4.78 is 0. The van der Waals surface area contributed by atoms with E-state index in [2.05, 4.69) is 36.1 Å². The molecular formula is C24H20ClN9O. The standard InChI is InChI=1S/C24H20ClN9O/c25-21-12-10-20(11-13-21)24-27-31-33(29-24)15-18-6-8-19(9-7-18)23-28-32-34(30-23)16-22(35)26-14-17-4-2-1-3-5-17/h1-13H,14-16H2,(H,26,35). The summed E-state index contributed by atoms with van der Waals surface area (Å²) in [5.41, 5.74) is 3.65. The van der Waals surface area contributed by atoms with Crippen molar-refractivity contribution in [2.45, 2.75) is 19.6 Å². The second-order valence-electron chi connectivity index (χ2n) is 7.75. The van der Waals surface area contributed by atoms with Crippen LogP contribution in [0.25, 0.3) is 22.8 Å². The Balaban J connectivity index is 1.17. The number of rotatable bonds is 8. The van der Waals surface area contributed by atoms with Gasteiger partial charge in [-0.1, -0.05) is 66.2 Å². The Kier molecular flexibility index (Phi) is 6.53. The fraction of sp³-hybridized carbons (Fsp3) is 0.125. The number of carbonyl (C=O) groups excluding carboxylic acids is 1. The average molecular weight is 486 g/mol. The van der Waals surface area contributed by atoms with Gasteiger partial charge in [0.15, 0.2) is 0 Å². The molecule has 3 aromatic carbocycles. The maximum atomic E-state index is 12.2. The molecule has 0 unspecified atom stereocenters. The van der Waals surface area contributed by atoms with Gasteiger partial charge in [-0.25, -0.2) is 0 Å². The lowest BCUT2D eigenvalue weighted by molar-refractivity contribution is -0.122. The lowest BCUT2D eigenvalue weighted by Gasteiger charge is -2.04. The number of aromatic nitrogens is 8. The Morgan fingerprint density at radius 2 is 1.34 bits per heavy atom. The lowest BCUT2D eigenvalue weighted by Crippen LogP contribution is -2.28. The van der Waals surface area contributed by atoms with Crippen LogP contribution in [0.2, 0.25) is 5.02 Å². The van der Waals surface area contributed by atoms with Gasteiger partial charge in [0.05, 0.1) is 6.54 Å². The third-order valence-corrected chi connectivity index (χ3v) is 5.41. The highest BCUT2D eigenvalue weighted by Crippen LogP contribution is 2.18. The van der Waals surface area contributed by atoms with Crippen molar-refractivity contribution in [3.05, 3.63) is 95.0 Å². The Hall–Kier alpha value is -4.44. The van der Waals surface area contributed by atoms with Gasteiger partial charge < -0.3 is 5.32 Å². The van der Waals surface area contributed by atoms with Gasteiger partial charge in [-0.05, 0) is 45.8 Å². The number of amides is 1. The molecule has 5 aromatic rings. The summed E-state index contributed by atoms with van der Waals surface area (Å²) in [5, 5.41) is 28.5. The SMILES string of the molecule is O=C(Cn1nnc(-c2ccc(Cn3nnc(-c4ccc(Cl)cc4)n3)cc2)n1)NCc1ccccc1. The van der Waals surface area contributed by atoms with E-state index in [4.69, 9.17) is 11.6 Å². The first-order valence-electron chi connectivity index (χ1n) is 10.8. The quantitative estimate of drug-likeness (QED) is 0.359. The van der Waals surface area contributed by atoms with E-state index >= 15 is 0 Å². The van der Waals surface area contributed by atoms with Crippen molar-refractivity contribution in [2.75, 3.05) is 0 Å². The molecule has 0 aliphatic carbocycles. The zero-order chi connectivity index (χ0) is 24.0. The predicted molar refractivity (Wildman–Crippen MR) is 129 cm³/mol. The van der Waals surface area contributed by atoms with Gasteiger partial charge in [0.25, 0.3) is 0 Å². The Bertz CT molecular complexity index is 1410. The van der Waals surface area contributed by atoms with Crippen molar-refractivity contribution in [2.24, 2.45) is 0 Å². The Morgan fingerprint density at radius 1 is 0.743 bits per heavy atom. The van der Waals surface area contributed by atoms with Crippen LogP contribution in [0.5, 0.6) is 0 Å². The molecule has 1 amide bonds. The van der Waals surface area contributed by atoms with Gasteiger partial charge in [0, 0.05) is 22.7 Å². The van der Waals surface area contributed by atoms with Gasteiger partial charge in [0.2, 0.25) is 17.6 Å². The van der Waals surface area contributed by atoms with E-state index in [0.717, 1.165) is 22.3 Å². The number of nitrogens with zero attached hydrogens (tertiary/aromatic N) is 8. The van der Waals surface area contributed by atoms with Crippen LogP contribution in [-0.2, 0) is 24.4 Å². The minimum absolute atomic E-state index is 0.00810. The molecule has 2 aromatic heterocycles. The average Bonchev–Trinajstić information content (AvgIpc) is 3.54. The van der Waals surface area contributed by atoms with Gasteiger partial charge >= 0.3 is 0 Å². The Morgan fingerprint density at radius 3 is 2.03 bits per heavy atom. The lowest BCUT2D eigenvalue weighted by atomic mass is 10.1. The summed E-state index contributed by atoms with van der Waals surface area (Å²) in [6.07, 6.45) is 0. The number of halogens is 1. The van der Waals surface area contributed by atoms with E-state index in [1.54, 1.807) is 12.1 Å². The maximum absolute atomic E-state index is 12.2. The molecule has 0 aliphatic heterocycles. The molecule has 0 fully saturated rings. The second kappa shape index (κ2) is 10.2. The van der Waals surface area contributed by atoms with E-state index in [1.165, 1.54) is 9.59 Å². The molecule has 35 heavy (non-hydrogen) atoms. The van der Waals surface area contributed by atoms with Gasteiger partial charge in [-0.15, -0.1) is 20.4 Å². The fourth-order valence-corrected chi connectivity index (χ4v) is 3.48. The third kappa shape index (κ3) is 5.74. The molecule has 0 saturated carbocycles. The largest absolute Gasteiger partial charge is 0.350 e. The maximum Gasteiger partial charge on any atom is 0.243 e. The highest BCUT2D eigenvalue weighted by atomic mass is 35.5. The summed E-state index contributed by atoms with van der Waals surface area (Å²) in [5.74, 6) is 0.787. The van der Waals surface area contributed by atoms with Gasteiger partial charge in [-0.3, -0.25) is 4.79 Å². The van der Waals surface area contributed by atoms with Crippen LogP contribution in [0.1, 0.15) is 11.1 Å². The topological polar surface area (TPSA) is 116 Å². The van der Waals surface area contributed by atoms with Crippen molar-refractivity contribution in [3.63, 3.8) is 0 Å². The van der Waals surface area contributed by atoms with Gasteiger partial charge in [0.1, 0.15) is 6.54 Å². The molecule has 0 aliphatic rings. The predicted octanol–water partition coefficient (Wildman–Crippen LogP) is 3.01. The zero-order valence-corrected chi connectivity index (χ0v) is 19.2. The summed E-state index contributed by atoms with van der Waals surface area (Å²) >= 11 is 5.93. The van der Waals surface area contributed by atoms with E-state index in [-0.39, 0.29) is 12.5 Å². The highest BCUT2D eigenvalue weighted by Gasteiger charge is 2.11. The van der Waals surface area contributed by atoms with E-state index in [0.29, 0.717) is 29.8 Å². The van der Waals surface area contributed by atoms with Crippen molar-refractivity contribution in [1.82, 2.24) is 45.7 Å². The monoisotopic (exact) mass is 485 g/mol. The number of hydrogen-bond acceptors (Lipinski definition) is 7. The van der Waals surface area contributed by atoms with Crippen LogP contribution >= 0.6 is 11.6 Å². The number of tetrazole rings is 2. The molecule has 0 saturated heterocycles. The molecule has 0 bridgehead atoms. The summed E-state index contributed by atoms with van der Waals surface area (Å²) in [6.45, 7) is 0.902. The van der Waals surface area contributed by atoms with Gasteiger partial charge in [-0.2, -0.15) is 9.59 Å². The molecule has 5 rings (SSSR count). The fourth-order valence-electron chi connectivity index (χ4n) is 3.35. The number of carbonyl (C=O) groups is 1. The molecule has 0 radical (unpaired) electrons. The van der Waals surface area contributed by atoms with Crippen LogP contribution in [-0.4, -0.2) is 46.3 Å². The first kappa shape index (κ1) is 22.4. The summed E-state index contributed by atoms with van der Waals surface area (Å²) in [6, 6.07) is 24.6. The van der Waals surface area contributed by atoms with Crippen molar-refractivity contribution in [3.8, 4) is 22.8 Å². The summed E-state index contributed by atoms with van der Waals surface area (Å²) in [7, 11) is 0. The Labute approximate surface area is 205 Å². The van der Waals surface area contributed by atoms with Crippen LogP contribution < -0.4 is 5.32 Å². The van der Waals surface area contributed by atoms with Crippen molar-refractivity contribution >= 4 is 17.5 Å². The first-order valence-corrected chi connectivity index (χ1v) is 11.2. The smallest absolute Gasteiger partial charge is 0.243 e. The minimum Gasteiger partial charge on any atom is -0.350 e. The normalized spacial score (nSPS) is 10.9. The number of benzene rings is 3. The molecule has 0 spiro atoms. The van der Waals surface area contributed by atoms with Crippen LogP contribution in [0, 0.1) is 0 Å². The molecular weight excluding hydrogens is 466 g/mol. The van der Waals surface area contributed by atoms with E-state index in [9.17, 15) is 4.79 Å². The number of hydrogen-bond donors (Lipinski definition) is 1. The highest BCUT2D eigenvalue weighted by molar-refractivity contribution is 6.30. The molecule has 174 valence electrons. The minimum atomic E-state index is -0.188. The molecule has 2 heterocycles. The molecule has 11 heteroatoms. The number of nitrogens with one attached hydrogen (secondary N) is 1. The van der Waals surface area contributed by atoms with Crippen LogP contribution in [0.15, 0.2) is 78.9 Å². The molecule has 0 atom stereocenters.